The Morgan fingerprint density at radius 2 is 1.75 bits per heavy atom. The molecule has 0 saturated carbocycles. The van der Waals surface area contributed by atoms with Crippen molar-refractivity contribution >= 4 is 17.8 Å². The van der Waals surface area contributed by atoms with Crippen molar-refractivity contribution in [1.82, 2.24) is 5.32 Å². The maximum atomic E-state index is 10.7. The third-order valence-corrected chi connectivity index (χ3v) is 1.09. The van der Waals surface area contributed by atoms with Crippen LogP contribution in [-0.2, 0) is 19.1 Å². The maximum absolute atomic E-state index is 10.7. The number of aliphatic carboxylic acids is 2. The van der Waals surface area contributed by atoms with Crippen LogP contribution in [0.1, 0.15) is 6.92 Å². The molecule has 0 atom stereocenters. The van der Waals surface area contributed by atoms with Gasteiger partial charge in [0.15, 0.2) is 0 Å². The molecule has 0 aromatic rings. The van der Waals surface area contributed by atoms with Crippen molar-refractivity contribution in [2.75, 3.05) is 26.3 Å². The first-order valence-electron chi connectivity index (χ1n) is 4.46. The monoisotopic (exact) mass is 236 g/mol. The summed E-state index contributed by atoms with van der Waals surface area (Å²) in [5.41, 5.74) is 5.15. The van der Waals surface area contributed by atoms with Gasteiger partial charge in [0.05, 0.1) is 0 Å². The Morgan fingerprint density at radius 1 is 1.25 bits per heavy atom. The predicted octanol–water partition coefficient (Wildman–Crippen LogP) is -1.75. The van der Waals surface area contributed by atoms with Crippen molar-refractivity contribution < 1.29 is 29.3 Å². The molecule has 0 fully saturated rings. The summed E-state index contributed by atoms with van der Waals surface area (Å²) in [7, 11) is 0. The molecule has 0 aliphatic heterocycles. The van der Waals surface area contributed by atoms with Gasteiger partial charge >= 0.3 is 11.9 Å². The minimum Gasteiger partial charge on any atom is -0.473 e. The average Bonchev–Trinajstić information content (AvgIpc) is 2.24. The Morgan fingerprint density at radius 3 is 2.06 bits per heavy atom. The zero-order chi connectivity index (χ0) is 13.0. The first-order chi connectivity index (χ1) is 7.45. The van der Waals surface area contributed by atoms with E-state index in [1.165, 1.54) is 0 Å². The van der Waals surface area contributed by atoms with Gasteiger partial charge < -0.3 is 26.0 Å². The van der Waals surface area contributed by atoms with E-state index >= 15 is 0 Å². The topological polar surface area (TPSA) is 139 Å². The van der Waals surface area contributed by atoms with E-state index in [1.54, 1.807) is 0 Å². The van der Waals surface area contributed by atoms with Crippen molar-refractivity contribution in [3.05, 3.63) is 0 Å². The molecule has 0 unspecified atom stereocenters. The highest BCUT2D eigenvalue weighted by molar-refractivity contribution is 6.27. The molecule has 8 heteroatoms. The second-order valence-electron chi connectivity index (χ2n) is 2.39. The van der Waals surface area contributed by atoms with Gasteiger partial charge in [-0.05, 0) is 6.92 Å². The summed E-state index contributed by atoms with van der Waals surface area (Å²) in [6.45, 7) is 3.53. The van der Waals surface area contributed by atoms with Crippen LogP contribution in [0.4, 0.5) is 0 Å². The normalized spacial score (nSPS) is 8.62. The van der Waals surface area contributed by atoms with Crippen LogP contribution < -0.4 is 11.1 Å². The fourth-order valence-electron chi connectivity index (χ4n) is 0.457. The van der Waals surface area contributed by atoms with Crippen LogP contribution in [0.15, 0.2) is 0 Å². The SMILES string of the molecule is CCOCC(=O)NCCN.O=C(O)C(=O)O. The van der Waals surface area contributed by atoms with Crippen LogP contribution in [0.25, 0.3) is 0 Å². The highest BCUT2D eigenvalue weighted by Gasteiger charge is 2.04. The Hall–Kier alpha value is -1.67. The first-order valence-corrected chi connectivity index (χ1v) is 4.46. The van der Waals surface area contributed by atoms with Crippen molar-refractivity contribution in [2.24, 2.45) is 5.73 Å². The van der Waals surface area contributed by atoms with Crippen LogP contribution in [0.5, 0.6) is 0 Å². The number of carboxylic acid groups (broad SMARTS) is 2. The molecule has 1 amide bonds. The molecule has 94 valence electrons. The van der Waals surface area contributed by atoms with Crippen LogP contribution in [0, 0.1) is 0 Å². The van der Waals surface area contributed by atoms with Gasteiger partial charge in [-0.15, -0.1) is 0 Å². The van der Waals surface area contributed by atoms with E-state index in [4.69, 9.17) is 30.3 Å². The molecule has 0 aliphatic rings. The largest absolute Gasteiger partial charge is 0.473 e. The lowest BCUT2D eigenvalue weighted by molar-refractivity contribution is -0.159. The molecule has 0 radical (unpaired) electrons. The molecule has 0 spiro atoms. The molecule has 0 saturated heterocycles. The van der Waals surface area contributed by atoms with Crippen LogP contribution in [0.3, 0.4) is 0 Å². The highest BCUT2D eigenvalue weighted by Crippen LogP contribution is 1.71. The number of amides is 1. The van der Waals surface area contributed by atoms with Crippen molar-refractivity contribution in [2.45, 2.75) is 6.92 Å². The van der Waals surface area contributed by atoms with Crippen LogP contribution in [0.2, 0.25) is 0 Å². The number of hydrogen-bond donors (Lipinski definition) is 4. The number of ether oxygens (including phenoxy) is 1. The fraction of sp³-hybridized carbons (Fsp3) is 0.625. The van der Waals surface area contributed by atoms with Crippen LogP contribution in [-0.4, -0.2) is 54.4 Å². The van der Waals surface area contributed by atoms with Gasteiger partial charge in [-0.25, -0.2) is 9.59 Å². The molecule has 0 rings (SSSR count). The Labute approximate surface area is 92.4 Å². The molecule has 8 nitrogen and oxygen atoms in total. The lowest BCUT2D eigenvalue weighted by Crippen LogP contribution is -2.31. The number of nitrogens with one attached hydrogen (secondary N) is 1. The van der Waals surface area contributed by atoms with Gasteiger partial charge in [-0.3, -0.25) is 4.79 Å². The van der Waals surface area contributed by atoms with Gasteiger partial charge in [0.2, 0.25) is 5.91 Å². The summed E-state index contributed by atoms with van der Waals surface area (Å²) < 4.78 is 4.84. The predicted molar refractivity (Wildman–Crippen MR) is 53.8 cm³/mol. The number of rotatable bonds is 5. The number of hydrogen-bond acceptors (Lipinski definition) is 5. The summed E-state index contributed by atoms with van der Waals surface area (Å²) in [4.78, 5) is 28.9. The molecule has 0 aromatic heterocycles. The Bertz CT molecular complexity index is 209. The third-order valence-electron chi connectivity index (χ3n) is 1.09. The third kappa shape index (κ3) is 14.8. The first kappa shape index (κ1) is 16.7. The van der Waals surface area contributed by atoms with Gasteiger partial charge in [0, 0.05) is 19.7 Å². The van der Waals surface area contributed by atoms with E-state index < -0.39 is 11.9 Å². The van der Waals surface area contributed by atoms with Gasteiger partial charge in [-0.1, -0.05) is 0 Å². The Kier molecular flexibility index (Phi) is 11.9. The zero-order valence-corrected chi connectivity index (χ0v) is 8.93. The highest BCUT2D eigenvalue weighted by atomic mass is 16.5. The van der Waals surface area contributed by atoms with E-state index in [0.717, 1.165) is 0 Å². The lowest BCUT2D eigenvalue weighted by atomic mass is 10.6. The number of carboxylic acids is 2. The molecular weight excluding hydrogens is 220 g/mol. The average molecular weight is 236 g/mol. The maximum Gasteiger partial charge on any atom is 0.414 e. The minimum absolute atomic E-state index is 0.104. The zero-order valence-electron chi connectivity index (χ0n) is 8.93. The smallest absolute Gasteiger partial charge is 0.414 e. The van der Waals surface area contributed by atoms with Crippen LogP contribution >= 0.6 is 0 Å². The Balaban J connectivity index is 0. The van der Waals surface area contributed by atoms with Gasteiger partial charge in [0.25, 0.3) is 0 Å². The number of nitrogens with two attached hydrogens (primary N) is 1. The van der Waals surface area contributed by atoms with Gasteiger partial charge in [0.1, 0.15) is 6.61 Å². The van der Waals surface area contributed by atoms with E-state index in [2.05, 4.69) is 5.32 Å². The molecule has 0 heterocycles. The van der Waals surface area contributed by atoms with E-state index in [0.29, 0.717) is 19.7 Å². The summed E-state index contributed by atoms with van der Waals surface area (Å²) in [6, 6.07) is 0. The molecular formula is C8H16N2O6. The second kappa shape index (κ2) is 11.4. The number of carbonyl (C=O) groups excluding carboxylic acids is 1. The quantitative estimate of drug-likeness (QED) is 0.415. The van der Waals surface area contributed by atoms with Gasteiger partial charge in [-0.2, -0.15) is 0 Å². The van der Waals surface area contributed by atoms with E-state index in [1.807, 2.05) is 6.92 Å². The van der Waals surface area contributed by atoms with Crippen molar-refractivity contribution in [1.29, 1.82) is 0 Å². The van der Waals surface area contributed by atoms with Crippen molar-refractivity contribution in [3.8, 4) is 0 Å². The minimum atomic E-state index is -1.82. The van der Waals surface area contributed by atoms with Crippen molar-refractivity contribution in [3.63, 3.8) is 0 Å². The summed E-state index contributed by atoms with van der Waals surface area (Å²) in [5.74, 6) is -3.75. The molecule has 0 aromatic carbocycles. The standard InChI is InChI=1S/C6H14N2O2.C2H2O4/c1-2-10-5-6(9)8-4-3-7;3-1(4)2(5)6/h2-5,7H2,1H3,(H,8,9);(H,3,4)(H,5,6). The number of carbonyl (C=O) groups is 3. The summed E-state index contributed by atoms with van der Waals surface area (Å²) in [5, 5.41) is 17.4. The second-order valence-corrected chi connectivity index (χ2v) is 2.39. The molecule has 16 heavy (non-hydrogen) atoms. The molecule has 0 aliphatic carbocycles. The molecule has 5 N–H and O–H groups in total. The summed E-state index contributed by atoms with van der Waals surface area (Å²) in [6.07, 6.45) is 0. The lowest BCUT2D eigenvalue weighted by Gasteiger charge is -2.01. The molecule has 0 bridgehead atoms. The van der Waals surface area contributed by atoms with E-state index in [9.17, 15) is 4.79 Å². The fourth-order valence-corrected chi connectivity index (χ4v) is 0.457. The summed E-state index contributed by atoms with van der Waals surface area (Å²) >= 11 is 0. The van der Waals surface area contributed by atoms with E-state index in [-0.39, 0.29) is 12.5 Å².